The molecular formula is C17H20BrNO. The molecule has 0 fully saturated rings. The predicted octanol–water partition coefficient (Wildman–Crippen LogP) is 4.51. The maximum Gasteiger partial charge on any atom is 0.130 e. The van der Waals surface area contributed by atoms with E-state index in [1.807, 2.05) is 12.1 Å². The summed E-state index contributed by atoms with van der Waals surface area (Å²) in [4.78, 5) is 0. The van der Waals surface area contributed by atoms with Crippen LogP contribution >= 0.6 is 15.9 Å². The zero-order valence-electron chi connectivity index (χ0n) is 12.4. The van der Waals surface area contributed by atoms with Crippen LogP contribution in [0.1, 0.15) is 22.3 Å². The quantitative estimate of drug-likeness (QED) is 0.896. The minimum absolute atomic E-state index is 0.543. The van der Waals surface area contributed by atoms with Crippen LogP contribution in [-0.2, 0) is 6.54 Å². The molecule has 0 bridgehead atoms. The number of benzene rings is 2. The van der Waals surface area contributed by atoms with Crippen molar-refractivity contribution in [2.75, 3.05) is 7.11 Å². The number of ether oxygens (including phenoxy) is 1. The van der Waals surface area contributed by atoms with Crippen molar-refractivity contribution >= 4 is 15.9 Å². The van der Waals surface area contributed by atoms with Crippen LogP contribution in [0.4, 0.5) is 0 Å². The van der Waals surface area contributed by atoms with Gasteiger partial charge in [0.05, 0.1) is 7.11 Å². The predicted molar refractivity (Wildman–Crippen MR) is 88.2 cm³/mol. The Kier molecular flexibility index (Phi) is 4.51. The molecule has 0 spiro atoms. The lowest BCUT2D eigenvalue weighted by Crippen LogP contribution is -2.00. The van der Waals surface area contributed by atoms with E-state index in [0.29, 0.717) is 6.54 Å². The second-order valence-corrected chi connectivity index (χ2v) is 5.79. The third kappa shape index (κ3) is 2.48. The van der Waals surface area contributed by atoms with Crippen molar-refractivity contribution in [2.24, 2.45) is 5.73 Å². The summed E-state index contributed by atoms with van der Waals surface area (Å²) in [7, 11) is 1.73. The molecule has 2 rings (SSSR count). The molecule has 0 saturated carbocycles. The molecule has 20 heavy (non-hydrogen) atoms. The molecule has 0 aromatic heterocycles. The highest BCUT2D eigenvalue weighted by atomic mass is 79.9. The number of methoxy groups -OCH3 is 1. The van der Waals surface area contributed by atoms with Gasteiger partial charge in [-0.1, -0.05) is 34.1 Å². The molecule has 3 heteroatoms. The normalized spacial score (nSPS) is 10.7. The summed E-state index contributed by atoms with van der Waals surface area (Å²) in [5, 5.41) is 0. The topological polar surface area (TPSA) is 35.2 Å². The van der Waals surface area contributed by atoms with Crippen LogP contribution in [0, 0.1) is 20.8 Å². The molecule has 106 valence electrons. The zero-order chi connectivity index (χ0) is 14.9. The second kappa shape index (κ2) is 5.98. The number of halogens is 1. The lowest BCUT2D eigenvalue weighted by molar-refractivity contribution is 0.412. The zero-order valence-corrected chi connectivity index (χ0v) is 14.0. The van der Waals surface area contributed by atoms with Crippen LogP contribution < -0.4 is 10.5 Å². The van der Waals surface area contributed by atoms with Gasteiger partial charge in [0.2, 0.25) is 0 Å². The molecule has 2 N–H and O–H groups in total. The van der Waals surface area contributed by atoms with Crippen LogP contribution in [0.25, 0.3) is 11.1 Å². The van der Waals surface area contributed by atoms with Gasteiger partial charge in [0.15, 0.2) is 0 Å². The van der Waals surface area contributed by atoms with Crippen LogP contribution in [-0.4, -0.2) is 7.11 Å². The summed E-state index contributed by atoms with van der Waals surface area (Å²) < 4.78 is 6.81. The van der Waals surface area contributed by atoms with Gasteiger partial charge in [-0.3, -0.25) is 0 Å². The maximum atomic E-state index is 5.75. The Morgan fingerprint density at radius 3 is 2.40 bits per heavy atom. The van der Waals surface area contributed by atoms with Crippen molar-refractivity contribution in [1.82, 2.24) is 0 Å². The van der Waals surface area contributed by atoms with E-state index in [4.69, 9.17) is 10.5 Å². The van der Waals surface area contributed by atoms with E-state index >= 15 is 0 Å². The summed E-state index contributed by atoms with van der Waals surface area (Å²) in [6.07, 6.45) is 0. The molecule has 0 radical (unpaired) electrons. The van der Waals surface area contributed by atoms with Crippen molar-refractivity contribution in [3.05, 3.63) is 51.0 Å². The minimum Gasteiger partial charge on any atom is -0.496 e. The van der Waals surface area contributed by atoms with Gasteiger partial charge in [0.1, 0.15) is 5.75 Å². The van der Waals surface area contributed by atoms with E-state index in [2.05, 4.69) is 48.8 Å². The van der Waals surface area contributed by atoms with E-state index < -0.39 is 0 Å². The first kappa shape index (κ1) is 15.1. The van der Waals surface area contributed by atoms with E-state index in [-0.39, 0.29) is 0 Å². The molecule has 0 unspecified atom stereocenters. The first-order chi connectivity index (χ1) is 9.51. The summed E-state index contributed by atoms with van der Waals surface area (Å²) in [5.41, 5.74) is 12.7. The first-order valence-corrected chi connectivity index (χ1v) is 7.43. The summed E-state index contributed by atoms with van der Waals surface area (Å²) in [6, 6.07) is 8.32. The number of nitrogens with two attached hydrogens (primary N) is 1. The Hall–Kier alpha value is -1.32. The Morgan fingerprint density at radius 2 is 1.80 bits per heavy atom. The average Bonchev–Trinajstić information content (AvgIpc) is 2.48. The minimum atomic E-state index is 0.543. The van der Waals surface area contributed by atoms with Crippen molar-refractivity contribution in [3.63, 3.8) is 0 Å². The summed E-state index contributed by atoms with van der Waals surface area (Å²) in [6.45, 7) is 6.86. The number of hydrogen-bond donors (Lipinski definition) is 1. The Labute approximate surface area is 129 Å². The molecule has 2 aromatic carbocycles. The lowest BCUT2D eigenvalue weighted by atomic mass is 9.93. The molecule has 0 aliphatic carbocycles. The van der Waals surface area contributed by atoms with Crippen molar-refractivity contribution in [2.45, 2.75) is 27.3 Å². The van der Waals surface area contributed by atoms with Gasteiger partial charge in [0, 0.05) is 16.6 Å². The lowest BCUT2D eigenvalue weighted by Gasteiger charge is -2.19. The van der Waals surface area contributed by atoms with Gasteiger partial charge >= 0.3 is 0 Å². The second-order valence-electron chi connectivity index (χ2n) is 5.00. The molecule has 0 aliphatic rings. The third-order valence-corrected chi connectivity index (χ3v) is 5.01. The molecule has 0 atom stereocenters. The summed E-state index contributed by atoms with van der Waals surface area (Å²) in [5.74, 6) is 0.942. The highest BCUT2D eigenvalue weighted by molar-refractivity contribution is 9.10. The van der Waals surface area contributed by atoms with Gasteiger partial charge in [-0.05, 0) is 54.7 Å². The number of hydrogen-bond acceptors (Lipinski definition) is 2. The maximum absolute atomic E-state index is 5.75. The van der Waals surface area contributed by atoms with Crippen LogP contribution in [0.2, 0.25) is 0 Å². The molecule has 2 nitrogen and oxygen atoms in total. The number of rotatable bonds is 3. The SMILES string of the molecule is COc1c(C)c(C)c(Br)c(C)c1-c1cccc(CN)c1. The molecule has 0 aliphatic heterocycles. The fourth-order valence-electron chi connectivity index (χ4n) is 2.54. The van der Waals surface area contributed by atoms with Crippen molar-refractivity contribution in [3.8, 4) is 16.9 Å². The van der Waals surface area contributed by atoms with E-state index in [1.54, 1.807) is 7.11 Å². The largest absolute Gasteiger partial charge is 0.496 e. The van der Waals surface area contributed by atoms with Gasteiger partial charge < -0.3 is 10.5 Å². The standard InChI is InChI=1S/C17H20BrNO/c1-10-11(2)17(20-4)15(12(3)16(10)18)14-7-5-6-13(8-14)9-19/h5-8H,9,19H2,1-4H3. The van der Waals surface area contributed by atoms with Gasteiger partial charge in [-0.25, -0.2) is 0 Å². The van der Waals surface area contributed by atoms with Gasteiger partial charge in [-0.2, -0.15) is 0 Å². The molecule has 0 saturated heterocycles. The monoisotopic (exact) mass is 333 g/mol. The highest BCUT2D eigenvalue weighted by Gasteiger charge is 2.18. The first-order valence-electron chi connectivity index (χ1n) is 6.63. The van der Waals surface area contributed by atoms with Crippen molar-refractivity contribution in [1.29, 1.82) is 0 Å². The Morgan fingerprint density at radius 1 is 1.10 bits per heavy atom. The third-order valence-electron chi connectivity index (χ3n) is 3.82. The van der Waals surface area contributed by atoms with Crippen molar-refractivity contribution < 1.29 is 4.74 Å². The van der Waals surface area contributed by atoms with Crippen LogP contribution in [0.3, 0.4) is 0 Å². The summed E-state index contributed by atoms with van der Waals surface area (Å²) >= 11 is 3.70. The highest BCUT2D eigenvalue weighted by Crippen LogP contribution is 2.42. The molecule has 2 aromatic rings. The fourth-order valence-corrected chi connectivity index (χ4v) is 3.04. The average molecular weight is 334 g/mol. The molecular weight excluding hydrogens is 314 g/mol. The fraction of sp³-hybridized carbons (Fsp3) is 0.294. The van der Waals surface area contributed by atoms with E-state index in [1.165, 1.54) is 11.1 Å². The van der Waals surface area contributed by atoms with E-state index in [9.17, 15) is 0 Å². The Balaban J connectivity index is 2.78. The van der Waals surface area contributed by atoms with E-state index in [0.717, 1.165) is 32.5 Å². The smallest absolute Gasteiger partial charge is 0.130 e. The molecule has 0 heterocycles. The Bertz CT molecular complexity index is 650. The van der Waals surface area contributed by atoms with Gasteiger partial charge in [0.25, 0.3) is 0 Å². The van der Waals surface area contributed by atoms with Crippen LogP contribution in [0.5, 0.6) is 5.75 Å². The molecule has 0 amide bonds. The van der Waals surface area contributed by atoms with Crippen LogP contribution in [0.15, 0.2) is 28.7 Å². The van der Waals surface area contributed by atoms with Gasteiger partial charge in [-0.15, -0.1) is 0 Å².